The van der Waals surface area contributed by atoms with Gasteiger partial charge in [-0.1, -0.05) is 24.7 Å². The van der Waals surface area contributed by atoms with Crippen LogP contribution >= 0.6 is 11.3 Å². The second kappa shape index (κ2) is 13.0. The van der Waals surface area contributed by atoms with Crippen LogP contribution in [0.1, 0.15) is 42.6 Å². The molecule has 1 aromatic heterocycles. The van der Waals surface area contributed by atoms with Gasteiger partial charge in [0.1, 0.15) is 11.5 Å². The molecule has 4 rings (SSSR count). The fourth-order valence-electron chi connectivity index (χ4n) is 3.81. The van der Waals surface area contributed by atoms with Crippen molar-refractivity contribution in [1.82, 2.24) is 9.29 Å². The molecule has 4 aromatic rings. The van der Waals surface area contributed by atoms with Gasteiger partial charge in [-0.2, -0.15) is 10.1 Å². The van der Waals surface area contributed by atoms with E-state index in [1.165, 1.54) is 44.9 Å². The highest BCUT2D eigenvalue weighted by Gasteiger charge is 2.24. The highest BCUT2D eigenvalue weighted by Crippen LogP contribution is 2.32. The summed E-state index contributed by atoms with van der Waals surface area (Å²) in [5.41, 5.74) is 1.74. The van der Waals surface area contributed by atoms with Crippen LogP contribution in [0.15, 0.2) is 76.7 Å². The number of hydrogen-bond donors (Lipinski definition) is 0. The van der Waals surface area contributed by atoms with Gasteiger partial charge in [0, 0.05) is 19.2 Å². The van der Waals surface area contributed by atoms with E-state index in [0.717, 1.165) is 28.9 Å². The second-order valence-electron chi connectivity index (χ2n) is 8.90. The number of rotatable bonds is 12. The molecule has 1 heterocycles. The molecular weight excluding hydrogens is 548 g/mol. The number of hydrogen-bond acceptors (Lipinski definition) is 8. The number of carbonyl (C=O) groups excluding carboxylic acids is 1. The molecule has 1 amide bonds. The number of carbonyl (C=O) groups is 1. The smallest absolute Gasteiger partial charge is 0.280 e. The van der Waals surface area contributed by atoms with Crippen molar-refractivity contribution in [3.05, 3.63) is 77.9 Å². The Labute approximate surface area is 238 Å². The Morgan fingerprint density at radius 2 is 1.73 bits per heavy atom. The summed E-state index contributed by atoms with van der Waals surface area (Å²) in [6.45, 7) is 4.91. The number of thiazole rings is 1. The summed E-state index contributed by atoms with van der Waals surface area (Å²) in [7, 11) is -0.510. The molecule has 0 fully saturated rings. The standard InChI is InChI=1S/C29H32N4O5S2/c1-5-7-18-32(3)40(35,36)25-15-10-22(11-16-25)28(34)33(30-20-21-8-12-23(13-9-21)38-6-2)29-31-26-17-14-24(37-4)19-27(26)39-29/h8-17,19-20H,5-7,18H2,1-4H3/b30-20+. The zero-order valence-corrected chi connectivity index (χ0v) is 24.5. The molecule has 40 heavy (non-hydrogen) atoms. The molecule has 0 unspecified atom stereocenters. The van der Waals surface area contributed by atoms with Crippen LogP contribution in [0, 0.1) is 0 Å². The molecule has 0 saturated carbocycles. The number of amides is 1. The Morgan fingerprint density at radius 1 is 1.02 bits per heavy atom. The lowest BCUT2D eigenvalue weighted by molar-refractivity contribution is 0.0987. The van der Waals surface area contributed by atoms with Crippen molar-refractivity contribution in [3.63, 3.8) is 0 Å². The number of unbranched alkanes of at least 4 members (excludes halogenated alkanes) is 1. The van der Waals surface area contributed by atoms with Crippen LogP contribution in [0.4, 0.5) is 5.13 Å². The fraction of sp³-hybridized carbons (Fsp3) is 0.276. The van der Waals surface area contributed by atoms with Crippen molar-refractivity contribution in [2.45, 2.75) is 31.6 Å². The van der Waals surface area contributed by atoms with Crippen molar-refractivity contribution in [2.24, 2.45) is 5.10 Å². The van der Waals surface area contributed by atoms with Gasteiger partial charge in [0.05, 0.1) is 35.0 Å². The molecule has 0 N–H and O–H groups in total. The van der Waals surface area contributed by atoms with E-state index in [1.54, 1.807) is 26.4 Å². The van der Waals surface area contributed by atoms with Crippen LogP contribution in [-0.4, -0.2) is 57.1 Å². The number of methoxy groups -OCH3 is 1. The van der Waals surface area contributed by atoms with E-state index in [9.17, 15) is 13.2 Å². The minimum atomic E-state index is -3.66. The Morgan fingerprint density at radius 3 is 2.38 bits per heavy atom. The first-order chi connectivity index (χ1) is 19.3. The van der Waals surface area contributed by atoms with E-state index in [-0.39, 0.29) is 10.5 Å². The molecule has 0 bridgehead atoms. The molecule has 0 aliphatic carbocycles. The Balaban J connectivity index is 1.67. The van der Waals surface area contributed by atoms with Crippen molar-refractivity contribution >= 4 is 48.8 Å². The number of ether oxygens (including phenoxy) is 2. The lowest BCUT2D eigenvalue weighted by atomic mass is 10.2. The monoisotopic (exact) mass is 580 g/mol. The molecule has 9 nitrogen and oxygen atoms in total. The van der Waals surface area contributed by atoms with Crippen LogP contribution in [0.3, 0.4) is 0 Å². The first kappa shape index (κ1) is 29.2. The average Bonchev–Trinajstić information content (AvgIpc) is 3.39. The maximum Gasteiger partial charge on any atom is 0.280 e. The van der Waals surface area contributed by atoms with E-state index in [1.807, 2.05) is 50.2 Å². The van der Waals surface area contributed by atoms with Gasteiger partial charge < -0.3 is 9.47 Å². The Hall–Kier alpha value is -3.80. The molecule has 210 valence electrons. The van der Waals surface area contributed by atoms with Gasteiger partial charge in [-0.05, 0) is 85.6 Å². The molecule has 0 aliphatic rings. The number of benzene rings is 3. The number of nitrogens with zero attached hydrogens (tertiary/aromatic N) is 4. The maximum atomic E-state index is 13.7. The Kier molecular flexibility index (Phi) is 9.51. The fourth-order valence-corrected chi connectivity index (χ4v) is 5.97. The minimum Gasteiger partial charge on any atom is -0.497 e. The molecule has 0 aliphatic heterocycles. The molecule has 11 heteroatoms. The summed E-state index contributed by atoms with van der Waals surface area (Å²) >= 11 is 1.30. The normalized spacial score (nSPS) is 11.8. The molecule has 3 aromatic carbocycles. The van der Waals surface area contributed by atoms with E-state index < -0.39 is 15.9 Å². The number of hydrazone groups is 1. The third-order valence-corrected chi connectivity index (χ3v) is 8.97. The first-order valence-electron chi connectivity index (χ1n) is 12.9. The molecule has 0 saturated heterocycles. The number of fused-ring (bicyclic) bond motifs is 1. The van der Waals surface area contributed by atoms with Crippen molar-refractivity contribution in [1.29, 1.82) is 0 Å². The average molecular weight is 581 g/mol. The summed E-state index contributed by atoms with van der Waals surface area (Å²) in [5.74, 6) is 0.971. The summed E-state index contributed by atoms with van der Waals surface area (Å²) in [4.78, 5) is 18.5. The van der Waals surface area contributed by atoms with Crippen molar-refractivity contribution in [2.75, 3.05) is 32.3 Å². The topological polar surface area (TPSA) is 101 Å². The number of sulfonamides is 1. The van der Waals surface area contributed by atoms with Crippen LogP contribution in [0.2, 0.25) is 0 Å². The van der Waals surface area contributed by atoms with Gasteiger partial charge in [0.2, 0.25) is 15.2 Å². The largest absolute Gasteiger partial charge is 0.497 e. The van der Waals surface area contributed by atoms with Gasteiger partial charge in [-0.15, -0.1) is 0 Å². The van der Waals surface area contributed by atoms with Gasteiger partial charge in [0.25, 0.3) is 5.91 Å². The zero-order valence-electron chi connectivity index (χ0n) is 22.9. The van der Waals surface area contributed by atoms with E-state index in [2.05, 4.69) is 10.1 Å². The second-order valence-corrected chi connectivity index (χ2v) is 12.0. The molecular formula is C29H32N4O5S2. The lowest BCUT2D eigenvalue weighted by Gasteiger charge is -2.17. The highest BCUT2D eigenvalue weighted by molar-refractivity contribution is 7.89. The quantitative estimate of drug-likeness (QED) is 0.155. The molecule has 0 radical (unpaired) electrons. The number of anilines is 1. The summed E-state index contributed by atoms with van der Waals surface area (Å²) < 4.78 is 38.8. The Bertz CT molecular complexity index is 1580. The summed E-state index contributed by atoms with van der Waals surface area (Å²) in [6, 6.07) is 18.7. The van der Waals surface area contributed by atoms with Crippen LogP contribution in [0.5, 0.6) is 11.5 Å². The predicted octanol–water partition coefficient (Wildman–Crippen LogP) is 5.81. The van der Waals surface area contributed by atoms with Crippen molar-refractivity contribution in [3.8, 4) is 11.5 Å². The minimum absolute atomic E-state index is 0.124. The lowest BCUT2D eigenvalue weighted by Crippen LogP contribution is -2.28. The maximum absolute atomic E-state index is 13.7. The van der Waals surface area contributed by atoms with E-state index in [4.69, 9.17) is 9.47 Å². The van der Waals surface area contributed by atoms with E-state index in [0.29, 0.717) is 29.5 Å². The predicted molar refractivity (Wildman–Crippen MR) is 159 cm³/mol. The third-order valence-electron chi connectivity index (χ3n) is 6.11. The van der Waals surface area contributed by atoms with Gasteiger partial charge in [-0.3, -0.25) is 4.79 Å². The highest BCUT2D eigenvalue weighted by atomic mass is 32.2. The molecule has 0 spiro atoms. The van der Waals surface area contributed by atoms with Gasteiger partial charge in [-0.25, -0.2) is 17.7 Å². The summed E-state index contributed by atoms with van der Waals surface area (Å²) in [6.07, 6.45) is 3.22. The van der Waals surface area contributed by atoms with E-state index >= 15 is 0 Å². The van der Waals surface area contributed by atoms with Gasteiger partial charge in [0.15, 0.2) is 0 Å². The van der Waals surface area contributed by atoms with Gasteiger partial charge >= 0.3 is 0 Å². The third kappa shape index (κ3) is 6.67. The summed E-state index contributed by atoms with van der Waals surface area (Å²) in [5, 5.41) is 6.09. The number of aromatic nitrogens is 1. The van der Waals surface area contributed by atoms with Crippen LogP contribution in [0.25, 0.3) is 10.2 Å². The van der Waals surface area contributed by atoms with Crippen molar-refractivity contribution < 1.29 is 22.7 Å². The van der Waals surface area contributed by atoms with Crippen LogP contribution in [-0.2, 0) is 10.0 Å². The first-order valence-corrected chi connectivity index (χ1v) is 15.1. The van der Waals surface area contributed by atoms with Crippen LogP contribution < -0.4 is 14.5 Å². The zero-order chi connectivity index (χ0) is 28.7. The SMILES string of the molecule is CCCCN(C)S(=O)(=O)c1ccc(C(=O)N(/N=C/c2ccc(OCC)cc2)c2nc3ccc(OC)cc3s2)cc1. The molecule has 0 atom stereocenters.